The van der Waals surface area contributed by atoms with E-state index in [1.54, 1.807) is 0 Å². The minimum atomic E-state index is -0.0543. The second-order valence-electron chi connectivity index (χ2n) is 11.2. The van der Waals surface area contributed by atoms with E-state index in [2.05, 4.69) is 25.8 Å². The third-order valence-corrected chi connectivity index (χ3v) is 7.99. The van der Waals surface area contributed by atoms with Gasteiger partial charge in [0, 0.05) is 74.4 Å². The van der Waals surface area contributed by atoms with E-state index in [4.69, 9.17) is 19.4 Å². The number of amides is 2. The quantitative estimate of drug-likeness (QED) is 0.228. The van der Waals surface area contributed by atoms with Crippen LogP contribution in [0.5, 0.6) is 0 Å². The van der Waals surface area contributed by atoms with Gasteiger partial charge in [-0.2, -0.15) is 0 Å². The first-order valence-corrected chi connectivity index (χ1v) is 15.5. The molecule has 234 valence electrons. The van der Waals surface area contributed by atoms with Crippen LogP contribution in [0.4, 0.5) is 22.9 Å². The number of anilines is 4. The third kappa shape index (κ3) is 8.40. The van der Waals surface area contributed by atoms with Crippen molar-refractivity contribution in [1.29, 1.82) is 0 Å². The lowest BCUT2D eigenvalue weighted by Gasteiger charge is -2.26. The van der Waals surface area contributed by atoms with Crippen LogP contribution < -0.4 is 16.0 Å². The maximum absolute atomic E-state index is 12.9. The molecule has 0 atom stereocenters. The Kier molecular flexibility index (Phi) is 10.2. The molecule has 3 aromatic carbocycles. The molecule has 6 rings (SSSR count). The van der Waals surface area contributed by atoms with Gasteiger partial charge in [-0.1, -0.05) is 24.3 Å². The molecule has 2 saturated heterocycles. The van der Waals surface area contributed by atoms with Gasteiger partial charge in [-0.05, 0) is 48.5 Å². The molecule has 11 heteroatoms. The number of nitrogens with one attached hydrogen (secondary N) is 3. The molecule has 2 aliphatic rings. The number of hydrogen-bond donors (Lipinski definition) is 3. The van der Waals surface area contributed by atoms with E-state index < -0.39 is 0 Å². The Morgan fingerprint density at radius 3 is 1.93 bits per heavy atom. The van der Waals surface area contributed by atoms with Gasteiger partial charge < -0.3 is 25.4 Å². The summed E-state index contributed by atoms with van der Waals surface area (Å²) < 4.78 is 10.8. The Morgan fingerprint density at radius 1 is 0.667 bits per heavy atom. The number of ether oxygens (including phenoxy) is 2. The lowest BCUT2D eigenvalue weighted by Crippen LogP contribution is -2.38. The monoisotopic (exact) mass is 609 g/mol. The molecule has 3 N–H and O–H groups in total. The fourth-order valence-corrected chi connectivity index (χ4v) is 5.46. The molecule has 11 nitrogen and oxygen atoms in total. The van der Waals surface area contributed by atoms with Gasteiger partial charge in [0.25, 0.3) is 0 Å². The van der Waals surface area contributed by atoms with Crippen LogP contribution in [0.15, 0.2) is 72.8 Å². The number of hydrogen-bond acceptors (Lipinski definition) is 9. The first-order chi connectivity index (χ1) is 22.1. The van der Waals surface area contributed by atoms with Crippen LogP contribution in [0, 0.1) is 0 Å². The molecule has 2 fully saturated rings. The first kappa shape index (κ1) is 30.6. The summed E-state index contributed by atoms with van der Waals surface area (Å²) in [5.74, 6) is 1.08. The van der Waals surface area contributed by atoms with Gasteiger partial charge >= 0.3 is 0 Å². The average Bonchev–Trinajstić information content (AvgIpc) is 3.08. The van der Waals surface area contributed by atoms with Crippen LogP contribution in [0.2, 0.25) is 0 Å². The summed E-state index contributed by atoms with van der Waals surface area (Å²) in [7, 11) is 0. The normalized spacial score (nSPS) is 15.9. The van der Waals surface area contributed by atoms with Crippen LogP contribution in [0.3, 0.4) is 0 Å². The van der Waals surface area contributed by atoms with Crippen molar-refractivity contribution in [3.8, 4) is 11.4 Å². The van der Waals surface area contributed by atoms with Gasteiger partial charge in [-0.3, -0.25) is 19.4 Å². The van der Waals surface area contributed by atoms with Gasteiger partial charge in [0.2, 0.25) is 11.8 Å². The predicted molar refractivity (Wildman–Crippen MR) is 176 cm³/mol. The van der Waals surface area contributed by atoms with Crippen molar-refractivity contribution in [2.24, 2.45) is 0 Å². The highest BCUT2D eigenvalue weighted by molar-refractivity contribution is 5.97. The maximum atomic E-state index is 12.9. The van der Waals surface area contributed by atoms with Crippen LogP contribution in [0.25, 0.3) is 22.3 Å². The lowest BCUT2D eigenvalue weighted by atomic mass is 10.1. The molecule has 3 heterocycles. The summed E-state index contributed by atoms with van der Waals surface area (Å²) in [6, 6.07) is 23.0. The van der Waals surface area contributed by atoms with E-state index in [-0.39, 0.29) is 11.8 Å². The molecule has 1 aromatic heterocycles. The number of fused-ring (bicyclic) bond motifs is 1. The Bertz CT molecular complexity index is 1600. The molecule has 45 heavy (non-hydrogen) atoms. The largest absolute Gasteiger partial charge is 0.379 e. The highest BCUT2D eigenvalue weighted by Crippen LogP contribution is 2.31. The van der Waals surface area contributed by atoms with Crippen LogP contribution in [-0.2, 0) is 19.1 Å². The first-order valence-electron chi connectivity index (χ1n) is 15.5. The Morgan fingerprint density at radius 2 is 1.24 bits per heavy atom. The lowest BCUT2D eigenvalue weighted by molar-refractivity contribution is -0.117. The van der Waals surface area contributed by atoms with Crippen molar-refractivity contribution >= 4 is 45.6 Å². The third-order valence-electron chi connectivity index (χ3n) is 7.99. The van der Waals surface area contributed by atoms with E-state index in [1.807, 2.05) is 72.8 Å². The molecule has 0 saturated carbocycles. The van der Waals surface area contributed by atoms with E-state index in [0.717, 1.165) is 73.8 Å². The number of carbonyl (C=O) groups excluding carboxylic acids is 2. The van der Waals surface area contributed by atoms with E-state index in [0.29, 0.717) is 49.9 Å². The molecule has 0 radical (unpaired) electrons. The van der Waals surface area contributed by atoms with Crippen molar-refractivity contribution in [3.05, 3.63) is 72.8 Å². The summed E-state index contributed by atoms with van der Waals surface area (Å²) in [6.45, 7) is 7.68. The van der Waals surface area contributed by atoms with Crippen molar-refractivity contribution < 1.29 is 19.1 Å². The summed E-state index contributed by atoms with van der Waals surface area (Å²) in [5.41, 5.74) is 3.74. The molecule has 0 bridgehead atoms. The second-order valence-corrected chi connectivity index (χ2v) is 11.2. The van der Waals surface area contributed by atoms with Crippen molar-refractivity contribution in [2.45, 2.75) is 12.8 Å². The fourth-order valence-electron chi connectivity index (χ4n) is 5.46. The smallest absolute Gasteiger partial charge is 0.225 e. The van der Waals surface area contributed by atoms with E-state index in [9.17, 15) is 9.59 Å². The molecule has 0 unspecified atom stereocenters. The Hall–Kier alpha value is -4.42. The summed E-state index contributed by atoms with van der Waals surface area (Å²) in [5, 5.41) is 10.4. The number of nitrogens with zero attached hydrogens (tertiary/aromatic N) is 4. The van der Waals surface area contributed by atoms with Crippen molar-refractivity contribution in [1.82, 2.24) is 19.8 Å². The van der Waals surface area contributed by atoms with E-state index >= 15 is 0 Å². The summed E-state index contributed by atoms with van der Waals surface area (Å²) >= 11 is 0. The van der Waals surface area contributed by atoms with E-state index in [1.165, 1.54) is 0 Å². The minimum absolute atomic E-state index is 0.0134. The number of aromatic nitrogens is 2. The zero-order chi connectivity index (χ0) is 30.8. The van der Waals surface area contributed by atoms with Crippen molar-refractivity contribution in [3.63, 3.8) is 0 Å². The van der Waals surface area contributed by atoms with Crippen LogP contribution >= 0.6 is 0 Å². The summed E-state index contributed by atoms with van der Waals surface area (Å²) in [4.78, 5) is 39.7. The number of para-hydroxylation sites is 2. The number of carbonyl (C=O) groups is 2. The number of rotatable bonds is 11. The van der Waals surface area contributed by atoms with Gasteiger partial charge in [0.05, 0.1) is 37.6 Å². The number of benzene rings is 3. The zero-order valence-corrected chi connectivity index (χ0v) is 25.3. The van der Waals surface area contributed by atoms with Gasteiger partial charge in [0.15, 0.2) is 5.82 Å². The number of morpholine rings is 2. The molecule has 2 aliphatic heterocycles. The molecule has 0 aliphatic carbocycles. The van der Waals surface area contributed by atoms with Crippen molar-refractivity contribution in [2.75, 3.05) is 81.6 Å². The minimum Gasteiger partial charge on any atom is -0.379 e. The maximum Gasteiger partial charge on any atom is 0.225 e. The SMILES string of the molecule is O=C(CCN1CCOCC1)Nc1ccc(Nc2nc(-c3ccccc3NC(=O)CCN3CCOCC3)nc3ccccc23)cc1. The van der Waals surface area contributed by atoms with Gasteiger partial charge in [-0.15, -0.1) is 0 Å². The molecular weight excluding hydrogens is 570 g/mol. The Labute approximate surface area is 262 Å². The highest BCUT2D eigenvalue weighted by Gasteiger charge is 2.17. The van der Waals surface area contributed by atoms with Crippen LogP contribution in [-0.4, -0.2) is 97.3 Å². The highest BCUT2D eigenvalue weighted by atomic mass is 16.5. The average molecular weight is 610 g/mol. The predicted octanol–water partition coefficient (Wildman–Crippen LogP) is 4.36. The summed E-state index contributed by atoms with van der Waals surface area (Å²) in [6.07, 6.45) is 0.829. The molecular formula is C34H39N7O4. The topological polar surface area (TPSA) is 121 Å². The Balaban J connectivity index is 1.14. The fraction of sp³-hybridized carbons (Fsp3) is 0.353. The van der Waals surface area contributed by atoms with Gasteiger partial charge in [-0.25, -0.2) is 9.97 Å². The molecule has 0 spiro atoms. The second kappa shape index (κ2) is 15.0. The molecule has 2 amide bonds. The standard InChI is InChI=1S/C34H39N7O4/c42-31(13-15-40-17-21-44-22-18-40)35-25-9-11-26(12-10-25)36-33-28-6-2-4-8-30(28)38-34(39-33)27-5-1-3-7-29(27)37-32(43)14-16-41-19-23-45-24-20-41/h1-12H,13-24H2,(H,35,42)(H,37,43)(H,36,38,39). The zero-order valence-electron chi connectivity index (χ0n) is 25.3. The molecule has 4 aromatic rings. The van der Waals surface area contributed by atoms with Gasteiger partial charge in [0.1, 0.15) is 5.82 Å². The van der Waals surface area contributed by atoms with Crippen LogP contribution in [0.1, 0.15) is 12.8 Å².